The second-order valence-corrected chi connectivity index (χ2v) is 34.7. The van der Waals surface area contributed by atoms with Gasteiger partial charge in [0.1, 0.15) is 23.1 Å². The topological polar surface area (TPSA) is 86.7 Å². The lowest BCUT2D eigenvalue weighted by Crippen LogP contribution is -2.35. The molecule has 77 heavy (non-hydrogen) atoms. The first-order chi connectivity index (χ1) is 33.6. The Morgan fingerprint density at radius 2 is 0.597 bits per heavy atom. The third kappa shape index (κ3) is 32.1. The van der Waals surface area contributed by atoms with Gasteiger partial charge in [-0.3, -0.25) is 19.2 Å². The zero-order chi connectivity index (χ0) is 60.7. The van der Waals surface area contributed by atoms with E-state index in [2.05, 4.69) is 138 Å². The van der Waals surface area contributed by atoms with Crippen LogP contribution in [-0.2, 0) is 28.7 Å². The molecule has 0 amide bonds. The molecule has 0 bridgehead atoms. The van der Waals surface area contributed by atoms with Crippen LogP contribution >= 0.6 is 0 Å². The predicted molar refractivity (Wildman–Crippen MR) is 338 cm³/mol. The number of carbonyl (C=O) groups excluding carboxylic acids is 4. The molecule has 0 spiro atoms. The Bertz CT molecular complexity index is 1690. The fraction of sp³-hybridized carbons (Fsp3) is 0.944. The molecule has 0 aromatic heterocycles. The van der Waals surface area contributed by atoms with E-state index in [9.17, 15) is 19.2 Å². The van der Waals surface area contributed by atoms with E-state index in [0.29, 0.717) is 67.4 Å². The van der Waals surface area contributed by atoms with E-state index in [0.717, 1.165) is 55.1 Å². The molecule has 0 atom stereocenters. The van der Waals surface area contributed by atoms with E-state index >= 15 is 0 Å². The molecule has 0 heterocycles. The van der Waals surface area contributed by atoms with Gasteiger partial charge in [0, 0.05) is 47.3 Å². The van der Waals surface area contributed by atoms with Crippen molar-refractivity contribution in [2.45, 2.75) is 306 Å². The molecule has 2 aliphatic carbocycles. The normalized spacial score (nSPS) is 19.6. The highest BCUT2D eigenvalue weighted by molar-refractivity contribution is 5.85. The quantitative estimate of drug-likeness (QED) is 0.107. The monoisotopic (exact) mass is 1090 g/mol. The van der Waals surface area contributed by atoms with Crippen molar-refractivity contribution in [3.8, 4) is 0 Å². The minimum atomic E-state index is -0.258. The number of Topliss-reactive ketones (excluding diaryl/α,β-unsaturated/α-hetero) is 4. The van der Waals surface area contributed by atoms with E-state index < -0.39 is 0 Å². The molecule has 2 aliphatic rings. The number of ketones is 4. The summed E-state index contributed by atoms with van der Waals surface area (Å²) < 4.78 is 12.0. The molecule has 0 aromatic rings. The molecule has 460 valence electrons. The summed E-state index contributed by atoms with van der Waals surface area (Å²) in [7, 11) is 0. The lowest BCUT2D eigenvalue weighted by Gasteiger charge is -2.41. The highest BCUT2D eigenvalue weighted by atomic mass is 16.5. The Labute approximate surface area is 483 Å². The number of carbonyl (C=O) groups is 4. The van der Waals surface area contributed by atoms with Crippen LogP contribution in [0.1, 0.15) is 306 Å². The maximum absolute atomic E-state index is 12.3. The highest BCUT2D eigenvalue weighted by Gasteiger charge is 2.39. The number of hydrogen-bond acceptors (Lipinski definition) is 6. The summed E-state index contributed by atoms with van der Waals surface area (Å²) in [6.07, 6.45) is 13.4. The molecule has 0 N–H and O–H groups in total. The molecule has 0 unspecified atom stereocenters. The van der Waals surface area contributed by atoms with E-state index in [1.165, 1.54) is 51.4 Å². The third-order valence-corrected chi connectivity index (χ3v) is 18.6. The van der Waals surface area contributed by atoms with Crippen molar-refractivity contribution >= 4 is 23.1 Å². The van der Waals surface area contributed by atoms with Crippen LogP contribution in [0.2, 0.25) is 0 Å². The maximum atomic E-state index is 12.3. The number of hydrogen-bond donors (Lipinski definition) is 0. The Hall–Kier alpha value is -1.40. The van der Waals surface area contributed by atoms with E-state index in [-0.39, 0.29) is 61.6 Å². The van der Waals surface area contributed by atoms with Gasteiger partial charge in [0.25, 0.3) is 0 Å². The summed E-state index contributed by atoms with van der Waals surface area (Å²) in [4.78, 5) is 48.5. The van der Waals surface area contributed by atoms with Gasteiger partial charge in [-0.1, -0.05) is 229 Å². The van der Waals surface area contributed by atoms with Crippen molar-refractivity contribution in [3.05, 3.63) is 0 Å². The van der Waals surface area contributed by atoms with Gasteiger partial charge in [-0.2, -0.15) is 0 Å². The van der Waals surface area contributed by atoms with Crippen LogP contribution in [0.5, 0.6) is 0 Å². The summed E-state index contributed by atoms with van der Waals surface area (Å²) in [5.74, 6) is 7.52. The smallest absolute Gasteiger partial charge is 0.138 e. The SMILES string of the molecule is C.CC(C)C(C)(C)CC(=O)C(C)(C)C.CC(C)C(C)(C)COCC(C)(C)CC(=O)C(C)(C)C.CC(C)C1CCC(C(C)(C)CC(=O)C(C)(C)C)CC1.CC(C)C1CCC(C(C)(C)COCC(C)(C)CC(=O)C(C)(C)C)CC1. The first-order valence-corrected chi connectivity index (χ1v) is 30.9. The third-order valence-electron chi connectivity index (χ3n) is 18.6. The van der Waals surface area contributed by atoms with Crippen molar-refractivity contribution in [1.82, 2.24) is 0 Å². The van der Waals surface area contributed by atoms with Gasteiger partial charge in [-0.05, 0) is 131 Å². The van der Waals surface area contributed by atoms with E-state index in [1.807, 2.05) is 83.1 Å². The molecule has 0 radical (unpaired) electrons. The predicted octanol–water partition coefficient (Wildman–Crippen LogP) is 21.0. The van der Waals surface area contributed by atoms with Gasteiger partial charge >= 0.3 is 0 Å². The molecule has 0 saturated heterocycles. The van der Waals surface area contributed by atoms with Crippen molar-refractivity contribution < 1.29 is 28.7 Å². The second kappa shape index (κ2) is 31.9. The Kier molecular flexibility index (Phi) is 33.0. The fourth-order valence-electron chi connectivity index (χ4n) is 9.81. The van der Waals surface area contributed by atoms with Crippen LogP contribution in [-0.4, -0.2) is 49.6 Å². The second-order valence-electron chi connectivity index (χ2n) is 34.7. The number of ether oxygens (including phenoxy) is 2. The van der Waals surface area contributed by atoms with E-state index in [4.69, 9.17) is 9.47 Å². The standard InChI is InChI=1S/C23H44O2.C18H34O.C17H34O2.C12H24O.CH4/c1-17(2)18-10-12-19(13-11-18)23(8,9)16-25-15-22(6,7)14-20(24)21(3,4)5;1-13(2)14-8-10-15(11-9-14)18(6,7)12-16(19)17(3,4)5;1-13(2)17(8,9)12-19-11-16(6,7)10-14(18)15(3,4)5;1-9(2)12(6,7)8-10(13)11(3,4)5;/h17-19H,10-16H2,1-9H3;13-15H,8-12H2,1-7H3;13H,10-12H2,1-9H3;9H,8H2,1-7H3;1H4. The van der Waals surface area contributed by atoms with Crippen LogP contribution in [0, 0.1) is 101 Å². The number of rotatable bonds is 22. The van der Waals surface area contributed by atoms with Crippen LogP contribution < -0.4 is 0 Å². The molecule has 0 aromatic carbocycles. The van der Waals surface area contributed by atoms with Gasteiger partial charge in [-0.25, -0.2) is 0 Å². The first kappa shape index (κ1) is 79.8. The van der Waals surface area contributed by atoms with Crippen molar-refractivity contribution in [1.29, 1.82) is 0 Å². The Morgan fingerprint density at radius 1 is 0.338 bits per heavy atom. The zero-order valence-electron chi connectivity index (χ0n) is 57.4. The van der Waals surface area contributed by atoms with Crippen molar-refractivity contribution in [3.63, 3.8) is 0 Å². The average molecular weight is 1090 g/mol. The summed E-state index contributed by atoms with van der Waals surface area (Å²) in [6.45, 7) is 71.8. The van der Waals surface area contributed by atoms with Crippen LogP contribution in [0.25, 0.3) is 0 Å². The molecular formula is C71H140O6. The highest BCUT2D eigenvalue weighted by Crippen LogP contribution is 2.46. The molecule has 2 fully saturated rings. The van der Waals surface area contributed by atoms with Crippen LogP contribution in [0.15, 0.2) is 0 Å². The van der Waals surface area contributed by atoms with Gasteiger partial charge < -0.3 is 9.47 Å². The summed E-state index contributed by atoms with van der Waals surface area (Å²) in [5, 5.41) is 0. The van der Waals surface area contributed by atoms with Crippen molar-refractivity contribution in [2.24, 2.45) is 101 Å². The molecular weight excluding hydrogens is 949 g/mol. The molecule has 6 heteroatoms. The maximum Gasteiger partial charge on any atom is 0.138 e. The molecule has 0 aliphatic heterocycles. The summed E-state index contributed by atoms with van der Waals surface area (Å²) in [6, 6.07) is 0. The molecule has 6 nitrogen and oxygen atoms in total. The summed E-state index contributed by atoms with van der Waals surface area (Å²) in [5.41, 5.74) is -0.349. The largest absolute Gasteiger partial charge is 0.380 e. The minimum Gasteiger partial charge on any atom is -0.380 e. The van der Waals surface area contributed by atoms with Gasteiger partial charge in [-0.15, -0.1) is 0 Å². The fourth-order valence-corrected chi connectivity index (χ4v) is 9.81. The van der Waals surface area contributed by atoms with Gasteiger partial charge in [0.15, 0.2) is 0 Å². The lowest BCUT2D eigenvalue weighted by atomic mass is 9.64. The molecule has 2 saturated carbocycles. The van der Waals surface area contributed by atoms with Gasteiger partial charge in [0.2, 0.25) is 0 Å². The van der Waals surface area contributed by atoms with E-state index in [1.54, 1.807) is 0 Å². The zero-order valence-corrected chi connectivity index (χ0v) is 57.4. The van der Waals surface area contributed by atoms with Crippen LogP contribution in [0.4, 0.5) is 0 Å². The van der Waals surface area contributed by atoms with Crippen LogP contribution in [0.3, 0.4) is 0 Å². The summed E-state index contributed by atoms with van der Waals surface area (Å²) >= 11 is 0. The van der Waals surface area contributed by atoms with Gasteiger partial charge in [0.05, 0.1) is 26.4 Å². The average Bonchev–Trinajstić information content (AvgIpc) is 3.22. The Morgan fingerprint density at radius 3 is 0.870 bits per heavy atom. The minimum absolute atomic E-state index is 0. The lowest BCUT2D eigenvalue weighted by molar-refractivity contribution is -0.130. The van der Waals surface area contributed by atoms with Crippen molar-refractivity contribution in [2.75, 3.05) is 26.4 Å². The molecule has 2 rings (SSSR count). The first-order valence-electron chi connectivity index (χ1n) is 30.9. The Balaban J connectivity index is -0.000000967.